The Balaban J connectivity index is 1.62. The van der Waals surface area contributed by atoms with Crippen LogP contribution in [0, 0.1) is 6.92 Å². The number of amides is 2. The SMILES string of the molecule is Cc1ccc2c(c1)C(=O)N(CC(=O)N1CCCCC1)CC1(CCN(C)CC1)O2. The molecule has 0 radical (unpaired) electrons. The topological polar surface area (TPSA) is 53.1 Å². The maximum absolute atomic E-state index is 13.4. The minimum atomic E-state index is -0.412. The van der Waals surface area contributed by atoms with E-state index in [-0.39, 0.29) is 18.4 Å². The molecule has 2 saturated heterocycles. The van der Waals surface area contributed by atoms with Gasteiger partial charge in [0.05, 0.1) is 12.1 Å². The van der Waals surface area contributed by atoms with Crippen molar-refractivity contribution in [1.82, 2.24) is 14.7 Å². The van der Waals surface area contributed by atoms with Crippen LogP contribution in [0.25, 0.3) is 0 Å². The molecule has 152 valence electrons. The molecular weight excluding hydrogens is 354 g/mol. The third-order valence-electron chi connectivity index (χ3n) is 6.39. The van der Waals surface area contributed by atoms with E-state index in [1.807, 2.05) is 30.0 Å². The zero-order valence-corrected chi connectivity index (χ0v) is 17.1. The summed E-state index contributed by atoms with van der Waals surface area (Å²) in [6, 6.07) is 5.80. The molecule has 6 heteroatoms. The predicted molar refractivity (Wildman–Crippen MR) is 108 cm³/mol. The Bertz CT molecular complexity index is 749. The lowest BCUT2D eigenvalue weighted by atomic mass is 9.90. The summed E-state index contributed by atoms with van der Waals surface area (Å²) in [4.78, 5) is 32.2. The standard InChI is InChI=1S/C22H31N3O3/c1-17-6-7-19-18(14-17)21(27)25(15-20(26)24-10-4-3-5-11-24)16-22(28-19)8-12-23(2)13-9-22/h6-7,14H,3-5,8-13,15-16H2,1-2H3. The third-order valence-corrected chi connectivity index (χ3v) is 6.39. The largest absolute Gasteiger partial charge is 0.484 e. The number of nitrogens with zero attached hydrogens (tertiary/aromatic N) is 3. The van der Waals surface area contributed by atoms with Gasteiger partial charge in [-0.2, -0.15) is 0 Å². The molecule has 1 aromatic rings. The van der Waals surface area contributed by atoms with E-state index in [9.17, 15) is 9.59 Å². The fraction of sp³-hybridized carbons (Fsp3) is 0.636. The van der Waals surface area contributed by atoms with E-state index in [0.717, 1.165) is 57.4 Å². The number of benzene rings is 1. The van der Waals surface area contributed by atoms with Crippen molar-refractivity contribution in [2.24, 2.45) is 0 Å². The zero-order chi connectivity index (χ0) is 19.7. The van der Waals surface area contributed by atoms with Crippen molar-refractivity contribution in [3.05, 3.63) is 29.3 Å². The first-order valence-electron chi connectivity index (χ1n) is 10.5. The van der Waals surface area contributed by atoms with Crippen molar-refractivity contribution in [2.75, 3.05) is 46.3 Å². The summed E-state index contributed by atoms with van der Waals surface area (Å²) in [5.41, 5.74) is 1.20. The predicted octanol–water partition coefficient (Wildman–Crippen LogP) is 2.31. The molecule has 0 N–H and O–H groups in total. The fourth-order valence-corrected chi connectivity index (χ4v) is 4.58. The molecule has 0 aliphatic carbocycles. The average molecular weight is 386 g/mol. The van der Waals surface area contributed by atoms with Gasteiger partial charge < -0.3 is 19.4 Å². The molecule has 2 amide bonds. The second-order valence-electron chi connectivity index (χ2n) is 8.69. The average Bonchev–Trinajstić information content (AvgIpc) is 2.81. The van der Waals surface area contributed by atoms with Gasteiger partial charge in [0.15, 0.2) is 0 Å². The highest BCUT2D eigenvalue weighted by Crippen LogP contribution is 2.35. The molecule has 3 heterocycles. The molecule has 3 aliphatic rings. The monoisotopic (exact) mass is 385 g/mol. The van der Waals surface area contributed by atoms with Gasteiger partial charge in [-0.1, -0.05) is 11.6 Å². The van der Waals surface area contributed by atoms with Gasteiger partial charge in [0.1, 0.15) is 17.9 Å². The Hall–Kier alpha value is -2.08. The Morgan fingerprint density at radius 2 is 1.82 bits per heavy atom. The molecule has 28 heavy (non-hydrogen) atoms. The fourth-order valence-electron chi connectivity index (χ4n) is 4.58. The number of likely N-dealkylation sites (tertiary alicyclic amines) is 2. The number of carbonyl (C=O) groups is 2. The highest BCUT2D eigenvalue weighted by atomic mass is 16.5. The van der Waals surface area contributed by atoms with Crippen molar-refractivity contribution in [2.45, 2.75) is 44.6 Å². The molecule has 0 atom stereocenters. The quantitative estimate of drug-likeness (QED) is 0.784. The van der Waals surface area contributed by atoms with Crippen molar-refractivity contribution in [3.63, 3.8) is 0 Å². The number of fused-ring (bicyclic) bond motifs is 1. The van der Waals surface area contributed by atoms with E-state index in [2.05, 4.69) is 11.9 Å². The number of aryl methyl sites for hydroxylation is 1. The normalized spacial score (nSPS) is 22.6. The maximum atomic E-state index is 13.4. The van der Waals surface area contributed by atoms with Gasteiger partial charge in [-0.3, -0.25) is 9.59 Å². The van der Waals surface area contributed by atoms with Crippen LogP contribution in [0.4, 0.5) is 0 Å². The van der Waals surface area contributed by atoms with Crippen molar-refractivity contribution in [3.8, 4) is 5.75 Å². The zero-order valence-electron chi connectivity index (χ0n) is 17.1. The Morgan fingerprint density at radius 1 is 1.11 bits per heavy atom. The van der Waals surface area contributed by atoms with Crippen molar-refractivity contribution >= 4 is 11.8 Å². The number of ether oxygens (including phenoxy) is 1. The van der Waals surface area contributed by atoms with Gasteiger partial charge >= 0.3 is 0 Å². The smallest absolute Gasteiger partial charge is 0.258 e. The number of piperidine rings is 2. The molecule has 4 rings (SSSR count). The third kappa shape index (κ3) is 3.88. The maximum Gasteiger partial charge on any atom is 0.258 e. The van der Waals surface area contributed by atoms with Crippen molar-refractivity contribution < 1.29 is 14.3 Å². The molecule has 0 unspecified atom stereocenters. The van der Waals surface area contributed by atoms with Crippen LogP contribution in [0.15, 0.2) is 18.2 Å². The van der Waals surface area contributed by atoms with E-state index >= 15 is 0 Å². The van der Waals surface area contributed by atoms with E-state index < -0.39 is 5.60 Å². The van der Waals surface area contributed by atoms with Gasteiger partial charge in [0.2, 0.25) is 5.91 Å². The second-order valence-corrected chi connectivity index (χ2v) is 8.69. The van der Waals surface area contributed by atoms with E-state index in [4.69, 9.17) is 4.74 Å². The van der Waals surface area contributed by atoms with Gasteiger partial charge in [-0.25, -0.2) is 0 Å². The lowest BCUT2D eigenvalue weighted by Crippen LogP contribution is -2.55. The van der Waals surface area contributed by atoms with E-state index in [1.165, 1.54) is 6.42 Å². The molecule has 6 nitrogen and oxygen atoms in total. The minimum absolute atomic E-state index is 0.0623. The lowest BCUT2D eigenvalue weighted by molar-refractivity contribution is -0.133. The first-order valence-corrected chi connectivity index (χ1v) is 10.5. The Labute approximate surface area is 167 Å². The molecule has 0 aromatic heterocycles. The lowest BCUT2D eigenvalue weighted by Gasteiger charge is -2.42. The summed E-state index contributed by atoms with van der Waals surface area (Å²) in [5.74, 6) is 0.639. The second kappa shape index (κ2) is 7.74. The highest BCUT2D eigenvalue weighted by Gasteiger charge is 2.43. The number of carbonyl (C=O) groups excluding carboxylic acids is 2. The summed E-state index contributed by atoms with van der Waals surface area (Å²) in [6.45, 7) is 6.09. The van der Waals surface area contributed by atoms with Crippen LogP contribution in [0.5, 0.6) is 5.75 Å². The number of hydrogen-bond donors (Lipinski definition) is 0. The van der Waals surface area contributed by atoms with E-state index in [0.29, 0.717) is 17.9 Å². The molecule has 1 aromatic carbocycles. The Kier molecular flexibility index (Phi) is 5.32. The molecule has 0 saturated carbocycles. The van der Waals surface area contributed by atoms with Crippen LogP contribution < -0.4 is 4.74 Å². The first kappa shape index (κ1) is 19.2. The van der Waals surface area contributed by atoms with Gasteiger partial charge in [-0.15, -0.1) is 0 Å². The summed E-state index contributed by atoms with van der Waals surface area (Å²) in [5, 5.41) is 0. The molecule has 2 fully saturated rings. The minimum Gasteiger partial charge on any atom is -0.484 e. The summed E-state index contributed by atoms with van der Waals surface area (Å²) >= 11 is 0. The van der Waals surface area contributed by atoms with Crippen LogP contribution in [0.1, 0.15) is 48.0 Å². The first-order chi connectivity index (χ1) is 13.5. The van der Waals surface area contributed by atoms with Crippen molar-refractivity contribution in [1.29, 1.82) is 0 Å². The summed E-state index contributed by atoms with van der Waals surface area (Å²) < 4.78 is 6.50. The van der Waals surface area contributed by atoms with Crippen LogP contribution in [0.2, 0.25) is 0 Å². The molecule has 1 spiro atoms. The number of hydrogen-bond acceptors (Lipinski definition) is 4. The van der Waals surface area contributed by atoms with Gasteiger partial charge in [-0.05, 0) is 45.4 Å². The van der Waals surface area contributed by atoms with Crippen LogP contribution in [0.3, 0.4) is 0 Å². The highest BCUT2D eigenvalue weighted by molar-refractivity contribution is 5.99. The number of rotatable bonds is 2. The Morgan fingerprint density at radius 3 is 2.54 bits per heavy atom. The molecule has 0 bridgehead atoms. The summed E-state index contributed by atoms with van der Waals surface area (Å²) in [7, 11) is 2.11. The van der Waals surface area contributed by atoms with Gasteiger partial charge in [0.25, 0.3) is 5.91 Å². The summed E-state index contributed by atoms with van der Waals surface area (Å²) in [6.07, 6.45) is 5.02. The van der Waals surface area contributed by atoms with Gasteiger partial charge in [0, 0.05) is 39.0 Å². The van der Waals surface area contributed by atoms with E-state index in [1.54, 1.807) is 4.90 Å². The van der Waals surface area contributed by atoms with Crippen LogP contribution in [-0.4, -0.2) is 78.4 Å². The van der Waals surface area contributed by atoms with Crippen LogP contribution >= 0.6 is 0 Å². The molecular formula is C22H31N3O3. The van der Waals surface area contributed by atoms with Crippen LogP contribution in [-0.2, 0) is 4.79 Å². The molecule has 3 aliphatic heterocycles.